The van der Waals surface area contributed by atoms with E-state index >= 15 is 0 Å². The number of ether oxygens (including phenoxy) is 1. The molecule has 0 aliphatic heterocycles. The number of nitrogen functional groups attached to an aromatic ring is 1. The number of hydrogen-bond acceptors (Lipinski definition) is 3. The molecule has 2 aromatic rings. The number of nitrogens with two attached hydrogens (primary N) is 1. The minimum Gasteiger partial charge on any atom is -0.497 e. The molecule has 0 saturated carbocycles. The molecule has 0 amide bonds. The van der Waals surface area contributed by atoms with E-state index in [-0.39, 0.29) is 0 Å². The van der Waals surface area contributed by atoms with Crippen molar-refractivity contribution in [3.05, 3.63) is 46.9 Å². The summed E-state index contributed by atoms with van der Waals surface area (Å²) >= 11 is 5.19. The van der Waals surface area contributed by atoms with Crippen molar-refractivity contribution in [2.24, 2.45) is 0 Å². The largest absolute Gasteiger partial charge is 0.497 e. The van der Waals surface area contributed by atoms with Crippen molar-refractivity contribution in [1.29, 1.82) is 0 Å². The Morgan fingerprint density at radius 2 is 1.82 bits per heavy atom. The summed E-state index contributed by atoms with van der Waals surface area (Å²) < 4.78 is 6.14. The lowest BCUT2D eigenvalue weighted by atomic mass is 10.3. The molecule has 0 spiro atoms. The van der Waals surface area contributed by atoms with Gasteiger partial charge in [0.05, 0.1) is 7.11 Å². The van der Waals surface area contributed by atoms with Crippen LogP contribution < -0.4 is 10.5 Å². The third-order valence-corrected chi connectivity index (χ3v) is 4.25. The maximum atomic E-state index is 5.70. The monoisotopic (exact) mass is 309 g/mol. The molecule has 0 unspecified atom stereocenters. The summed E-state index contributed by atoms with van der Waals surface area (Å²) in [4.78, 5) is 2.31. The third-order valence-electron chi connectivity index (χ3n) is 2.24. The first-order chi connectivity index (χ1) is 8.19. The van der Waals surface area contributed by atoms with Crippen molar-refractivity contribution in [3.8, 4) is 5.75 Å². The van der Waals surface area contributed by atoms with Crippen molar-refractivity contribution < 1.29 is 4.74 Å². The van der Waals surface area contributed by atoms with Crippen LogP contribution in [-0.2, 0) is 0 Å². The smallest absolute Gasteiger partial charge is 0.118 e. The molecule has 2 N–H and O–H groups in total. The van der Waals surface area contributed by atoms with E-state index in [1.54, 1.807) is 18.9 Å². The van der Waals surface area contributed by atoms with Gasteiger partial charge in [-0.3, -0.25) is 0 Å². The summed E-state index contributed by atoms with van der Waals surface area (Å²) in [6.07, 6.45) is 0. The molecule has 0 aliphatic rings. The standard InChI is InChI=1S/C13H12BrNOS/c1-16-10-3-5-11(6-4-10)17-13-7-2-9(15)8-12(13)14/h2-8H,15H2,1H3. The van der Waals surface area contributed by atoms with Gasteiger partial charge in [0.15, 0.2) is 0 Å². The number of rotatable bonds is 3. The van der Waals surface area contributed by atoms with E-state index in [1.807, 2.05) is 42.5 Å². The number of methoxy groups -OCH3 is 1. The average molecular weight is 310 g/mol. The Balaban J connectivity index is 2.19. The summed E-state index contributed by atoms with van der Waals surface area (Å²) in [6, 6.07) is 13.8. The molecule has 2 nitrogen and oxygen atoms in total. The topological polar surface area (TPSA) is 35.2 Å². The van der Waals surface area contributed by atoms with Gasteiger partial charge in [0.25, 0.3) is 0 Å². The summed E-state index contributed by atoms with van der Waals surface area (Å²) in [5, 5.41) is 0. The fourth-order valence-electron chi connectivity index (χ4n) is 1.37. The predicted molar refractivity (Wildman–Crippen MR) is 75.7 cm³/mol. The summed E-state index contributed by atoms with van der Waals surface area (Å²) in [5.74, 6) is 0.866. The van der Waals surface area contributed by atoms with Crippen LogP contribution in [0, 0.1) is 0 Å². The highest BCUT2D eigenvalue weighted by atomic mass is 79.9. The van der Waals surface area contributed by atoms with Crippen LogP contribution in [0.25, 0.3) is 0 Å². The SMILES string of the molecule is COc1ccc(Sc2ccc(N)cc2Br)cc1. The Labute approximate surface area is 113 Å². The number of hydrogen-bond donors (Lipinski definition) is 1. The molecule has 2 aromatic carbocycles. The summed E-state index contributed by atoms with van der Waals surface area (Å²) in [6.45, 7) is 0. The highest BCUT2D eigenvalue weighted by Gasteiger charge is 2.03. The van der Waals surface area contributed by atoms with E-state index in [0.29, 0.717) is 0 Å². The molecule has 0 aromatic heterocycles. The first kappa shape index (κ1) is 12.3. The second kappa shape index (κ2) is 5.47. The maximum absolute atomic E-state index is 5.70. The van der Waals surface area contributed by atoms with Gasteiger partial charge in [-0.2, -0.15) is 0 Å². The number of benzene rings is 2. The van der Waals surface area contributed by atoms with Gasteiger partial charge in [0, 0.05) is 20.0 Å². The third kappa shape index (κ3) is 3.17. The first-order valence-corrected chi connectivity index (χ1v) is 6.67. The Kier molecular flexibility index (Phi) is 3.97. The molecule has 0 atom stereocenters. The van der Waals surface area contributed by atoms with Gasteiger partial charge in [-0.15, -0.1) is 0 Å². The lowest BCUT2D eigenvalue weighted by molar-refractivity contribution is 0.414. The van der Waals surface area contributed by atoms with Gasteiger partial charge >= 0.3 is 0 Å². The fraction of sp³-hybridized carbons (Fsp3) is 0.0769. The lowest BCUT2D eigenvalue weighted by Gasteiger charge is -2.06. The minimum absolute atomic E-state index is 0.760. The molecule has 4 heteroatoms. The molecule has 0 radical (unpaired) electrons. The normalized spacial score (nSPS) is 10.2. The van der Waals surface area contributed by atoms with Crippen LogP contribution in [0.4, 0.5) is 5.69 Å². The fourth-order valence-corrected chi connectivity index (χ4v) is 2.83. The van der Waals surface area contributed by atoms with E-state index < -0.39 is 0 Å². The molecular formula is C13H12BrNOS. The van der Waals surface area contributed by atoms with Crippen LogP contribution in [0.2, 0.25) is 0 Å². The Morgan fingerprint density at radius 1 is 1.12 bits per heavy atom. The molecular weight excluding hydrogens is 298 g/mol. The molecule has 17 heavy (non-hydrogen) atoms. The zero-order valence-corrected chi connectivity index (χ0v) is 11.7. The molecule has 2 rings (SSSR count). The Bertz CT molecular complexity index is 513. The molecule has 0 heterocycles. The van der Waals surface area contributed by atoms with Crippen molar-refractivity contribution in [1.82, 2.24) is 0 Å². The van der Waals surface area contributed by atoms with Crippen molar-refractivity contribution in [2.75, 3.05) is 12.8 Å². The van der Waals surface area contributed by atoms with E-state index in [1.165, 1.54) is 0 Å². The first-order valence-electron chi connectivity index (χ1n) is 5.06. The predicted octanol–water partition coefficient (Wildman–Crippen LogP) is 4.19. The number of anilines is 1. The lowest BCUT2D eigenvalue weighted by Crippen LogP contribution is -1.85. The molecule has 88 valence electrons. The molecule has 0 fully saturated rings. The van der Waals surface area contributed by atoms with Crippen molar-refractivity contribution in [3.63, 3.8) is 0 Å². The van der Waals surface area contributed by atoms with Gasteiger partial charge in [-0.25, -0.2) is 0 Å². The van der Waals surface area contributed by atoms with Crippen LogP contribution in [0.1, 0.15) is 0 Å². The van der Waals surface area contributed by atoms with Crippen molar-refractivity contribution in [2.45, 2.75) is 9.79 Å². The van der Waals surface area contributed by atoms with Gasteiger partial charge in [0.2, 0.25) is 0 Å². The molecule has 0 saturated heterocycles. The minimum atomic E-state index is 0.760. The second-order valence-corrected chi connectivity index (χ2v) is 5.44. The summed E-state index contributed by atoms with van der Waals surface area (Å²) in [7, 11) is 1.67. The van der Waals surface area contributed by atoms with E-state index in [9.17, 15) is 0 Å². The quantitative estimate of drug-likeness (QED) is 0.863. The van der Waals surface area contributed by atoms with E-state index in [4.69, 9.17) is 10.5 Å². The maximum Gasteiger partial charge on any atom is 0.118 e. The summed E-state index contributed by atoms with van der Waals surface area (Å²) in [5.41, 5.74) is 6.46. The Morgan fingerprint density at radius 3 is 2.41 bits per heavy atom. The van der Waals surface area contributed by atoms with Crippen molar-refractivity contribution >= 4 is 33.4 Å². The van der Waals surface area contributed by atoms with E-state index in [0.717, 1.165) is 25.7 Å². The van der Waals surface area contributed by atoms with Crippen LogP contribution in [0.15, 0.2) is 56.7 Å². The van der Waals surface area contributed by atoms with Crippen LogP contribution in [0.3, 0.4) is 0 Å². The highest BCUT2D eigenvalue weighted by molar-refractivity contribution is 9.10. The second-order valence-electron chi connectivity index (χ2n) is 3.47. The van der Waals surface area contributed by atoms with E-state index in [2.05, 4.69) is 15.9 Å². The zero-order valence-electron chi connectivity index (χ0n) is 9.31. The zero-order chi connectivity index (χ0) is 12.3. The van der Waals surface area contributed by atoms with Gasteiger partial charge < -0.3 is 10.5 Å². The van der Waals surface area contributed by atoms with Crippen LogP contribution in [0.5, 0.6) is 5.75 Å². The molecule has 0 aliphatic carbocycles. The Hall–Kier alpha value is -1.13. The van der Waals surface area contributed by atoms with Gasteiger partial charge in [-0.05, 0) is 58.4 Å². The van der Waals surface area contributed by atoms with Gasteiger partial charge in [-0.1, -0.05) is 11.8 Å². The highest BCUT2D eigenvalue weighted by Crippen LogP contribution is 2.35. The molecule has 0 bridgehead atoms. The average Bonchev–Trinajstić information content (AvgIpc) is 2.34. The van der Waals surface area contributed by atoms with Crippen LogP contribution in [-0.4, -0.2) is 7.11 Å². The van der Waals surface area contributed by atoms with Crippen LogP contribution >= 0.6 is 27.7 Å². The van der Waals surface area contributed by atoms with Gasteiger partial charge in [0.1, 0.15) is 5.75 Å². The number of halogens is 1.